The van der Waals surface area contributed by atoms with Gasteiger partial charge in [0.05, 0.1) is 6.33 Å². The summed E-state index contributed by atoms with van der Waals surface area (Å²) in [4.78, 5) is 9.56. The molecule has 0 amide bonds. The van der Waals surface area contributed by atoms with Crippen LogP contribution < -0.4 is 0 Å². The van der Waals surface area contributed by atoms with Gasteiger partial charge in [-0.05, 0) is 25.7 Å². The van der Waals surface area contributed by atoms with Crippen molar-refractivity contribution in [3.05, 3.63) is 18.2 Å². The van der Waals surface area contributed by atoms with Crippen LogP contribution in [0.5, 0.6) is 0 Å². The Labute approximate surface area is 90.3 Å². The molecule has 84 valence electrons. The van der Waals surface area contributed by atoms with Crippen molar-refractivity contribution in [2.75, 3.05) is 13.2 Å². The van der Waals surface area contributed by atoms with E-state index in [0.717, 1.165) is 25.2 Å². The summed E-state index contributed by atoms with van der Waals surface area (Å²) >= 11 is 0. The van der Waals surface area contributed by atoms with Crippen molar-refractivity contribution in [3.63, 3.8) is 0 Å². The van der Waals surface area contributed by atoms with Gasteiger partial charge in [0, 0.05) is 37.6 Å². The maximum atomic E-state index is 9.17. The second-order valence-electron chi connectivity index (χ2n) is 4.48. The fourth-order valence-corrected chi connectivity index (χ4v) is 2.22. The number of piperidine rings is 1. The van der Waals surface area contributed by atoms with E-state index in [1.54, 1.807) is 6.33 Å². The average Bonchev–Trinajstić information content (AvgIpc) is 2.74. The zero-order valence-corrected chi connectivity index (χ0v) is 9.19. The van der Waals surface area contributed by atoms with E-state index in [-0.39, 0.29) is 0 Å². The topological polar surface area (TPSA) is 52.1 Å². The molecule has 0 bridgehead atoms. The van der Waals surface area contributed by atoms with Crippen LogP contribution in [0.15, 0.2) is 12.5 Å². The lowest BCUT2D eigenvalue weighted by Crippen LogP contribution is -2.42. The van der Waals surface area contributed by atoms with Crippen LogP contribution in [0.2, 0.25) is 0 Å². The number of likely N-dealkylation sites (tertiary alicyclic amines) is 1. The van der Waals surface area contributed by atoms with Gasteiger partial charge in [-0.3, -0.25) is 4.90 Å². The van der Waals surface area contributed by atoms with Crippen LogP contribution >= 0.6 is 0 Å². The zero-order chi connectivity index (χ0) is 10.7. The Morgan fingerprint density at radius 1 is 1.60 bits per heavy atom. The van der Waals surface area contributed by atoms with Gasteiger partial charge in [0.25, 0.3) is 0 Å². The Morgan fingerprint density at radius 3 is 3.13 bits per heavy atom. The van der Waals surface area contributed by atoms with Crippen molar-refractivity contribution in [1.82, 2.24) is 14.9 Å². The summed E-state index contributed by atoms with van der Waals surface area (Å²) in [7, 11) is 0. The minimum absolute atomic E-state index is 0.312. The lowest BCUT2D eigenvalue weighted by molar-refractivity contribution is 0.0763. The summed E-state index contributed by atoms with van der Waals surface area (Å²) in [5.74, 6) is 0.448. The van der Waals surface area contributed by atoms with E-state index in [2.05, 4.69) is 21.8 Å². The second kappa shape index (κ2) is 4.77. The lowest BCUT2D eigenvalue weighted by atomic mass is 9.94. The van der Waals surface area contributed by atoms with Crippen LogP contribution in [0.25, 0.3) is 0 Å². The smallest absolute Gasteiger partial charge is 0.0922 e. The molecule has 2 atom stereocenters. The van der Waals surface area contributed by atoms with E-state index < -0.39 is 0 Å². The molecular weight excluding hydrogens is 190 g/mol. The third kappa shape index (κ3) is 2.58. The number of nitrogens with zero attached hydrogens (tertiary/aromatic N) is 2. The van der Waals surface area contributed by atoms with Crippen molar-refractivity contribution in [1.29, 1.82) is 0 Å². The van der Waals surface area contributed by atoms with E-state index in [1.807, 2.05) is 6.20 Å². The molecule has 15 heavy (non-hydrogen) atoms. The molecule has 1 aliphatic heterocycles. The molecule has 0 spiro atoms. The zero-order valence-electron chi connectivity index (χ0n) is 9.19. The molecule has 2 heterocycles. The third-order valence-corrected chi connectivity index (χ3v) is 3.30. The highest BCUT2D eigenvalue weighted by Crippen LogP contribution is 2.22. The fourth-order valence-electron chi connectivity index (χ4n) is 2.22. The number of aliphatic hydroxyl groups is 1. The molecule has 2 N–H and O–H groups in total. The van der Waals surface area contributed by atoms with Gasteiger partial charge < -0.3 is 10.1 Å². The number of imidazole rings is 1. The normalized spacial score (nSPS) is 28.1. The summed E-state index contributed by atoms with van der Waals surface area (Å²) in [6, 6.07) is 0.607. The van der Waals surface area contributed by atoms with Crippen LogP contribution in [0.1, 0.15) is 25.5 Å². The molecule has 2 unspecified atom stereocenters. The molecule has 0 aliphatic carbocycles. The van der Waals surface area contributed by atoms with Gasteiger partial charge in [-0.15, -0.1) is 0 Å². The largest absolute Gasteiger partial charge is 0.396 e. The first-order chi connectivity index (χ1) is 7.29. The third-order valence-electron chi connectivity index (χ3n) is 3.30. The molecule has 0 radical (unpaired) electrons. The Morgan fingerprint density at radius 2 is 2.47 bits per heavy atom. The van der Waals surface area contributed by atoms with E-state index >= 15 is 0 Å². The maximum Gasteiger partial charge on any atom is 0.0922 e. The number of H-pyrrole nitrogens is 1. The van der Waals surface area contributed by atoms with Crippen LogP contribution in [0, 0.1) is 5.92 Å². The van der Waals surface area contributed by atoms with Crippen LogP contribution in [-0.2, 0) is 6.54 Å². The number of aliphatic hydroxyl groups excluding tert-OH is 1. The standard InChI is InChI=1S/C11H19N3O/c1-9-2-3-10(7-15)5-14(9)6-11-4-12-8-13-11/h4,8-10,15H,2-3,5-7H2,1H3,(H,12,13). The molecule has 4 heteroatoms. The van der Waals surface area contributed by atoms with Gasteiger partial charge in [0.15, 0.2) is 0 Å². The number of rotatable bonds is 3. The van der Waals surface area contributed by atoms with Crippen molar-refractivity contribution >= 4 is 0 Å². The van der Waals surface area contributed by atoms with Crippen LogP contribution in [0.3, 0.4) is 0 Å². The molecule has 2 rings (SSSR count). The molecule has 1 saturated heterocycles. The number of aromatic amines is 1. The first kappa shape index (κ1) is 10.6. The van der Waals surface area contributed by atoms with Gasteiger partial charge in [0.1, 0.15) is 0 Å². The van der Waals surface area contributed by atoms with Crippen LogP contribution in [0.4, 0.5) is 0 Å². The lowest BCUT2D eigenvalue weighted by Gasteiger charge is -2.37. The molecular formula is C11H19N3O. The molecule has 1 aromatic heterocycles. The predicted octanol–water partition coefficient (Wildman–Crippen LogP) is 1.00. The number of hydrogen-bond donors (Lipinski definition) is 2. The summed E-state index contributed by atoms with van der Waals surface area (Å²) < 4.78 is 0. The SMILES string of the molecule is CC1CCC(CO)CN1Cc1cnc[nH]1. The highest BCUT2D eigenvalue weighted by molar-refractivity contribution is 4.95. The molecule has 0 saturated carbocycles. The van der Waals surface area contributed by atoms with Gasteiger partial charge in [0.2, 0.25) is 0 Å². The minimum atomic E-state index is 0.312. The summed E-state index contributed by atoms with van der Waals surface area (Å²) in [6.07, 6.45) is 5.92. The predicted molar refractivity (Wildman–Crippen MR) is 58.3 cm³/mol. The van der Waals surface area contributed by atoms with E-state index in [0.29, 0.717) is 18.6 Å². The molecule has 4 nitrogen and oxygen atoms in total. The number of nitrogens with one attached hydrogen (secondary N) is 1. The maximum absolute atomic E-state index is 9.17. The first-order valence-corrected chi connectivity index (χ1v) is 5.61. The number of aromatic nitrogens is 2. The highest BCUT2D eigenvalue weighted by Gasteiger charge is 2.24. The van der Waals surface area contributed by atoms with Gasteiger partial charge in [-0.1, -0.05) is 0 Å². The number of hydrogen-bond acceptors (Lipinski definition) is 3. The summed E-state index contributed by atoms with van der Waals surface area (Å²) in [5.41, 5.74) is 1.15. The summed E-state index contributed by atoms with van der Waals surface area (Å²) in [5, 5.41) is 9.17. The minimum Gasteiger partial charge on any atom is -0.396 e. The molecule has 0 aromatic carbocycles. The Kier molecular flexibility index (Phi) is 3.38. The van der Waals surface area contributed by atoms with E-state index in [1.165, 1.54) is 6.42 Å². The average molecular weight is 209 g/mol. The monoisotopic (exact) mass is 209 g/mol. The van der Waals surface area contributed by atoms with E-state index in [9.17, 15) is 5.11 Å². The molecule has 1 aromatic rings. The van der Waals surface area contributed by atoms with Crippen molar-refractivity contribution in [2.24, 2.45) is 5.92 Å². The Bertz CT molecular complexity index is 286. The molecule has 1 aliphatic rings. The van der Waals surface area contributed by atoms with Crippen molar-refractivity contribution < 1.29 is 5.11 Å². The fraction of sp³-hybridized carbons (Fsp3) is 0.727. The first-order valence-electron chi connectivity index (χ1n) is 5.61. The van der Waals surface area contributed by atoms with Gasteiger partial charge >= 0.3 is 0 Å². The second-order valence-corrected chi connectivity index (χ2v) is 4.48. The van der Waals surface area contributed by atoms with E-state index in [4.69, 9.17) is 0 Å². The Balaban J connectivity index is 1.94. The van der Waals surface area contributed by atoms with Crippen molar-refractivity contribution in [3.8, 4) is 0 Å². The Hall–Kier alpha value is -0.870. The van der Waals surface area contributed by atoms with Gasteiger partial charge in [-0.2, -0.15) is 0 Å². The van der Waals surface area contributed by atoms with Gasteiger partial charge in [-0.25, -0.2) is 4.98 Å². The highest BCUT2D eigenvalue weighted by atomic mass is 16.3. The molecule has 1 fully saturated rings. The quantitative estimate of drug-likeness (QED) is 0.781. The van der Waals surface area contributed by atoms with Crippen molar-refractivity contribution in [2.45, 2.75) is 32.4 Å². The van der Waals surface area contributed by atoms with Crippen LogP contribution in [-0.4, -0.2) is 39.2 Å². The summed E-state index contributed by atoms with van der Waals surface area (Å²) in [6.45, 7) is 4.48.